The Hall–Kier alpha value is -2.74. The first-order chi connectivity index (χ1) is 22.3. The molecule has 5 unspecified atom stereocenters. The number of carbonyl (C=O) groups excluding carboxylic acids is 4. The number of rotatable bonds is 22. The molecule has 0 aromatic heterocycles. The third-order valence-electron chi connectivity index (χ3n) is 9.34. The van der Waals surface area contributed by atoms with Gasteiger partial charge in [0.05, 0.1) is 18.4 Å². The van der Waals surface area contributed by atoms with Crippen molar-refractivity contribution in [2.24, 2.45) is 11.8 Å². The van der Waals surface area contributed by atoms with Crippen LogP contribution in [0.1, 0.15) is 143 Å². The van der Waals surface area contributed by atoms with Crippen LogP contribution in [0.4, 0.5) is 0 Å². The van der Waals surface area contributed by atoms with Gasteiger partial charge in [-0.1, -0.05) is 123 Å². The highest BCUT2D eigenvalue weighted by Gasteiger charge is 2.49. The van der Waals surface area contributed by atoms with E-state index < -0.39 is 48.1 Å². The molecule has 0 aromatic carbocycles. The molecule has 46 heavy (non-hydrogen) atoms. The van der Waals surface area contributed by atoms with Gasteiger partial charge in [-0.3, -0.25) is 14.4 Å². The fourth-order valence-electron chi connectivity index (χ4n) is 6.14. The van der Waals surface area contributed by atoms with E-state index in [1.165, 1.54) is 70.6 Å². The van der Waals surface area contributed by atoms with Crippen molar-refractivity contribution in [3.05, 3.63) is 35.5 Å². The van der Waals surface area contributed by atoms with Crippen molar-refractivity contribution in [2.75, 3.05) is 6.61 Å². The van der Waals surface area contributed by atoms with E-state index in [0.717, 1.165) is 19.3 Å². The highest BCUT2D eigenvalue weighted by molar-refractivity contribution is 5.91. The number of fused-ring (bicyclic) bond motifs is 1. The van der Waals surface area contributed by atoms with Crippen LogP contribution >= 0.6 is 0 Å². The Balaban J connectivity index is 1.96. The smallest absolute Gasteiger partial charge is 0.334 e. The first-order valence-electron chi connectivity index (χ1n) is 18.0. The van der Waals surface area contributed by atoms with Crippen LogP contribution in [0.25, 0.3) is 0 Å². The molecule has 0 bridgehead atoms. The summed E-state index contributed by atoms with van der Waals surface area (Å²) in [4.78, 5) is 51.2. The molecule has 260 valence electrons. The van der Waals surface area contributed by atoms with Gasteiger partial charge in [-0.25, -0.2) is 4.79 Å². The number of carbonyl (C=O) groups is 4. The highest BCUT2D eigenvalue weighted by Crippen LogP contribution is 2.38. The molecule has 5 atom stereocenters. The maximum atomic E-state index is 13.1. The lowest BCUT2D eigenvalue weighted by atomic mass is 9.83. The molecule has 8 nitrogen and oxygen atoms in total. The third-order valence-corrected chi connectivity index (χ3v) is 9.34. The Morgan fingerprint density at radius 1 is 0.957 bits per heavy atom. The molecular weight excluding hydrogens is 584 g/mol. The second-order valence-corrected chi connectivity index (χ2v) is 13.1. The lowest BCUT2D eigenvalue weighted by Crippen LogP contribution is -2.46. The monoisotopic (exact) mass is 644 g/mol. The van der Waals surface area contributed by atoms with Gasteiger partial charge in [-0.2, -0.15) is 0 Å². The predicted molar refractivity (Wildman–Crippen MR) is 180 cm³/mol. The summed E-state index contributed by atoms with van der Waals surface area (Å²) in [7, 11) is 0. The van der Waals surface area contributed by atoms with Gasteiger partial charge in [-0.05, 0) is 37.3 Å². The SMILES string of the molecule is C=C1C(=O)OC2C=C(CO)CCC=C(C=O)C(OC(=O)CCCCCCCCCCCCCCCCC)C(OC(=O)C(C)CC)C12. The molecule has 0 amide bonds. The van der Waals surface area contributed by atoms with E-state index in [0.29, 0.717) is 37.5 Å². The lowest BCUT2D eigenvalue weighted by molar-refractivity contribution is -0.172. The number of unbranched alkanes of at least 4 members (excludes halogenated alkanes) is 14. The number of aliphatic hydroxyl groups is 1. The van der Waals surface area contributed by atoms with Gasteiger partial charge < -0.3 is 19.3 Å². The first kappa shape index (κ1) is 39.4. The molecule has 1 aliphatic carbocycles. The van der Waals surface area contributed by atoms with Gasteiger partial charge >= 0.3 is 17.9 Å². The Morgan fingerprint density at radius 3 is 2.04 bits per heavy atom. The van der Waals surface area contributed by atoms with Crippen LogP contribution < -0.4 is 0 Å². The van der Waals surface area contributed by atoms with E-state index >= 15 is 0 Å². The van der Waals surface area contributed by atoms with Crippen molar-refractivity contribution in [1.29, 1.82) is 0 Å². The number of aliphatic hydroxyl groups excluding tert-OH is 1. The van der Waals surface area contributed by atoms with Gasteiger partial charge in [0.15, 0.2) is 12.2 Å². The maximum absolute atomic E-state index is 13.1. The van der Waals surface area contributed by atoms with E-state index in [-0.39, 0.29) is 24.2 Å². The minimum atomic E-state index is -1.22. The molecule has 1 N–H and O–H groups in total. The van der Waals surface area contributed by atoms with Crippen LogP contribution in [0.15, 0.2) is 35.5 Å². The van der Waals surface area contributed by atoms with Gasteiger partial charge in [0.1, 0.15) is 12.4 Å². The molecule has 8 heteroatoms. The Morgan fingerprint density at radius 2 is 1.52 bits per heavy atom. The van der Waals surface area contributed by atoms with Crippen LogP contribution in [0, 0.1) is 11.8 Å². The highest BCUT2D eigenvalue weighted by atomic mass is 16.6. The van der Waals surface area contributed by atoms with E-state index in [9.17, 15) is 24.3 Å². The second kappa shape index (κ2) is 22.7. The first-order valence-corrected chi connectivity index (χ1v) is 18.0. The summed E-state index contributed by atoms with van der Waals surface area (Å²) >= 11 is 0. The molecule has 1 aliphatic heterocycles. The Labute approximate surface area is 277 Å². The lowest BCUT2D eigenvalue weighted by Gasteiger charge is -2.33. The predicted octanol–water partition coefficient (Wildman–Crippen LogP) is 8.05. The van der Waals surface area contributed by atoms with Crippen molar-refractivity contribution in [2.45, 2.75) is 161 Å². The molecule has 1 fully saturated rings. The summed E-state index contributed by atoms with van der Waals surface area (Å²) < 4.78 is 17.4. The number of aldehydes is 1. The molecule has 0 radical (unpaired) electrons. The zero-order valence-electron chi connectivity index (χ0n) is 28.8. The van der Waals surface area contributed by atoms with E-state index in [4.69, 9.17) is 14.2 Å². The molecular formula is C38H60O8. The Kier molecular flexibility index (Phi) is 19.5. The van der Waals surface area contributed by atoms with E-state index in [1.807, 2.05) is 6.92 Å². The minimum Gasteiger partial charge on any atom is -0.457 e. The van der Waals surface area contributed by atoms with E-state index in [2.05, 4.69) is 13.5 Å². The summed E-state index contributed by atoms with van der Waals surface area (Å²) in [6.07, 6.45) is 20.4. The maximum Gasteiger partial charge on any atom is 0.334 e. The molecule has 1 saturated heterocycles. The molecule has 2 aliphatic rings. The number of hydrogen-bond acceptors (Lipinski definition) is 8. The molecule has 1 heterocycles. The van der Waals surface area contributed by atoms with Crippen LogP contribution in [-0.2, 0) is 33.4 Å². The largest absolute Gasteiger partial charge is 0.457 e. The van der Waals surface area contributed by atoms with Gasteiger partial charge in [0.25, 0.3) is 0 Å². The summed E-state index contributed by atoms with van der Waals surface area (Å²) in [5.74, 6) is -3.04. The number of ether oxygens (including phenoxy) is 3. The number of esters is 3. The zero-order chi connectivity index (χ0) is 33.7. The minimum absolute atomic E-state index is 0.0646. The summed E-state index contributed by atoms with van der Waals surface area (Å²) in [5.41, 5.74) is 0.835. The normalized spacial score (nSPS) is 22.3. The quantitative estimate of drug-likeness (QED) is 0.0314. The number of allylic oxidation sites excluding steroid dienone is 1. The van der Waals surface area contributed by atoms with Crippen LogP contribution in [0.2, 0.25) is 0 Å². The van der Waals surface area contributed by atoms with Gasteiger partial charge in [0, 0.05) is 17.6 Å². The standard InChI is InChI=1S/C38H60O8/c1-5-7-8-9-10-11-12-13-14-15-16-17-18-19-20-24-33(41)45-35-31(27-40)23-21-22-30(26-39)25-32-34(29(4)38(43)44-32)36(35)46-37(42)28(3)6-2/h23,25,27-28,32,34-36,39H,4-22,24,26H2,1-3H3. The average Bonchev–Trinajstić information content (AvgIpc) is 3.33. The fourth-order valence-corrected chi connectivity index (χ4v) is 6.14. The third kappa shape index (κ3) is 13.5. The van der Waals surface area contributed by atoms with Crippen molar-refractivity contribution in [3.63, 3.8) is 0 Å². The molecule has 0 spiro atoms. The van der Waals surface area contributed by atoms with Crippen LogP contribution in [-0.4, -0.2) is 54.2 Å². The van der Waals surface area contributed by atoms with Crippen molar-refractivity contribution < 1.29 is 38.5 Å². The van der Waals surface area contributed by atoms with E-state index in [1.54, 1.807) is 19.1 Å². The summed E-state index contributed by atoms with van der Waals surface area (Å²) in [6.45, 7) is 9.47. The van der Waals surface area contributed by atoms with Gasteiger partial charge in [0.2, 0.25) is 0 Å². The summed E-state index contributed by atoms with van der Waals surface area (Å²) in [6, 6.07) is 0. The van der Waals surface area contributed by atoms with Crippen LogP contribution in [0.5, 0.6) is 0 Å². The number of hydrogen-bond donors (Lipinski definition) is 1. The van der Waals surface area contributed by atoms with Crippen LogP contribution in [0.3, 0.4) is 0 Å². The van der Waals surface area contributed by atoms with Crippen molar-refractivity contribution in [3.8, 4) is 0 Å². The fraction of sp³-hybridized carbons (Fsp3) is 0.737. The summed E-state index contributed by atoms with van der Waals surface area (Å²) in [5, 5.41) is 9.89. The van der Waals surface area contributed by atoms with Crippen molar-refractivity contribution in [1.82, 2.24) is 0 Å². The zero-order valence-corrected chi connectivity index (χ0v) is 28.8. The second-order valence-electron chi connectivity index (χ2n) is 13.1. The topological polar surface area (TPSA) is 116 Å². The molecule has 2 rings (SSSR count). The molecule has 0 aromatic rings. The van der Waals surface area contributed by atoms with Crippen molar-refractivity contribution >= 4 is 24.2 Å². The molecule has 0 saturated carbocycles. The Bertz CT molecular complexity index is 1030. The van der Waals surface area contributed by atoms with Gasteiger partial charge in [-0.15, -0.1) is 0 Å². The average molecular weight is 645 g/mol.